The first-order valence-corrected chi connectivity index (χ1v) is 28.8. The molecule has 2 aromatic heterocycles. The molecule has 12 aromatic carbocycles. The third-order valence-corrected chi connectivity index (χ3v) is 18.4. The van der Waals surface area contributed by atoms with E-state index in [2.05, 4.69) is 316 Å². The minimum atomic E-state index is -0.170. The van der Waals surface area contributed by atoms with Crippen LogP contribution in [-0.2, 0) is 10.8 Å². The Hall–Kier alpha value is -10.0. The molecule has 2 heteroatoms. The zero-order valence-corrected chi connectivity index (χ0v) is 46.5. The maximum Gasteiger partial charge on any atom is 0.0541 e. The van der Waals surface area contributed by atoms with Gasteiger partial charge in [0.15, 0.2) is 0 Å². The van der Waals surface area contributed by atoms with E-state index in [4.69, 9.17) is 0 Å². The van der Waals surface area contributed by atoms with E-state index >= 15 is 0 Å². The van der Waals surface area contributed by atoms with Crippen LogP contribution in [0.5, 0.6) is 0 Å². The normalized spacial score (nSPS) is 13.8. The largest absolute Gasteiger partial charge is 0.309 e. The maximum atomic E-state index is 2.53. The Morgan fingerprint density at radius 1 is 0.244 bits per heavy atom. The van der Waals surface area contributed by atoms with Gasteiger partial charge >= 0.3 is 0 Å². The SMILES string of the molecule is CC1(C)c2cc(-c3ccc(/C=C/c4ccc(-c5ccc6c(c5)c5ccccc5n6-c5ccccc5)cc4)cc3)ccc2-c2cc3c(cc21)-c1ccc(-c2ccc4c(c2)c2ccccc2n4-c2ccc(-c4ccccc4)cc2)cc1C3(C)C. The van der Waals surface area contributed by atoms with Gasteiger partial charge in [-0.25, -0.2) is 0 Å². The van der Waals surface area contributed by atoms with E-state index in [9.17, 15) is 0 Å². The van der Waals surface area contributed by atoms with Crippen LogP contribution in [0.2, 0.25) is 0 Å². The highest BCUT2D eigenvalue weighted by atomic mass is 15.0. The molecule has 0 N–H and O–H groups in total. The summed E-state index contributed by atoms with van der Waals surface area (Å²) in [6.45, 7) is 9.66. The van der Waals surface area contributed by atoms with Crippen molar-refractivity contribution in [2.24, 2.45) is 0 Å². The van der Waals surface area contributed by atoms with Crippen LogP contribution >= 0.6 is 0 Å². The molecule has 0 unspecified atom stereocenters. The van der Waals surface area contributed by atoms with Crippen LogP contribution in [0.25, 0.3) is 134 Å². The van der Waals surface area contributed by atoms with Crippen LogP contribution < -0.4 is 0 Å². The molecule has 14 aromatic rings. The topological polar surface area (TPSA) is 9.86 Å². The van der Waals surface area contributed by atoms with Gasteiger partial charge in [0.25, 0.3) is 0 Å². The average molecular weight is 1050 g/mol. The van der Waals surface area contributed by atoms with Crippen molar-refractivity contribution >= 4 is 55.8 Å². The van der Waals surface area contributed by atoms with Crippen LogP contribution in [0.15, 0.2) is 267 Å². The van der Waals surface area contributed by atoms with Gasteiger partial charge in [-0.15, -0.1) is 0 Å². The summed E-state index contributed by atoms with van der Waals surface area (Å²) in [6, 6.07) is 99.1. The van der Waals surface area contributed by atoms with E-state index in [0.29, 0.717) is 0 Å². The minimum Gasteiger partial charge on any atom is -0.309 e. The molecule has 0 amide bonds. The van der Waals surface area contributed by atoms with Crippen molar-refractivity contribution in [1.29, 1.82) is 0 Å². The second kappa shape index (κ2) is 18.3. The molecule has 388 valence electrons. The molecular formula is C80H58N2. The lowest BCUT2D eigenvalue weighted by atomic mass is 9.79. The number of rotatable bonds is 8. The molecule has 2 nitrogen and oxygen atoms in total. The molecule has 0 bridgehead atoms. The second-order valence-corrected chi connectivity index (χ2v) is 23.7. The summed E-state index contributed by atoms with van der Waals surface area (Å²) in [7, 11) is 0. The van der Waals surface area contributed by atoms with Gasteiger partial charge in [-0.05, 0) is 185 Å². The number of para-hydroxylation sites is 3. The number of hydrogen-bond donors (Lipinski definition) is 0. The Morgan fingerprint density at radius 3 is 1.07 bits per heavy atom. The maximum absolute atomic E-state index is 2.53. The van der Waals surface area contributed by atoms with Gasteiger partial charge in [0.2, 0.25) is 0 Å². The number of nitrogens with zero attached hydrogens (tertiary/aromatic N) is 2. The molecule has 0 radical (unpaired) electrons. The zero-order valence-electron chi connectivity index (χ0n) is 46.5. The van der Waals surface area contributed by atoms with Gasteiger partial charge in [0.05, 0.1) is 22.1 Å². The van der Waals surface area contributed by atoms with Crippen LogP contribution in [0.1, 0.15) is 61.1 Å². The predicted octanol–water partition coefficient (Wildman–Crippen LogP) is 21.3. The summed E-state index contributed by atoms with van der Waals surface area (Å²) in [5.74, 6) is 0. The summed E-state index contributed by atoms with van der Waals surface area (Å²) in [5, 5.41) is 5.06. The van der Waals surface area contributed by atoms with Crippen LogP contribution in [0.3, 0.4) is 0 Å². The van der Waals surface area contributed by atoms with Crippen molar-refractivity contribution in [3.05, 3.63) is 300 Å². The van der Waals surface area contributed by atoms with E-state index in [-0.39, 0.29) is 10.8 Å². The standard InChI is InChI=1S/C80H58N2/c1-79(2)71-47-59(56-31-27-52(28-32-56)24-23-51-25-29-55(30-26-51)57-37-43-77-69(45-57)65-19-11-13-21-75(65)81(77)61-17-9-6-10-18-61)35-41-63(71)67-49-74-68(50-73(67)79)64-42-36-60(48-72(64)80(74,3)4)58-38-44-78-70(46-58)66-20-12-14-22-76(66)82(78)62-39-33-54(34-40-62)53-15-7-5-8-16-53/h5-50H,1-4H3/b24-23+. The van der Waals surface area contributed by atoms with Gasteiger partial charge in [-0.2, -0.15) is 0 Å². The molecule has 0 fully saturated rings. The molecular weight excluding hydrogens is 989 g/mol. The van der Waals surface area contributed by atoms with Gasteiger partial charge in [-0.1, -0.05) is 222 Å². The van der Waals surface area contributed by atoms with Gasteiger partial charge in [-0.3, -0.25) is 0 Å². The van der Waals surface area contributed by atoms with Crippen LogP contribution in [0.4, 0.5) is 0 Å². The Bertz CT molecular complexity index is 4910. The summed E-state index contributed by atoms with van der Waals surface area (Å²) in [5.41, 5.74) is 30.1. The first kappa shape index (κ1) is 47.9. The summed E-state index contributed by atoms with van der Waals surface area (Å²) < 4.78 is 4.78. The smallest absolute Gasteiger partial charge is 0.0541 e. The second-order valence-electron chi connectivity index (χ2n) is 23.7. The third-order valence-electron chi connectivity index (χ3n) is 18.4. The van der Waals surface area contributed by atoms with E-state index in [1.165, 1.54) is 149 Å². The Morgan fingerprint density at radius 2 is 0.573 bits per heavy atom. The minimum absolute atomic E-state index is 0.158. The fourth-order valence-corrected chi connectivity index (χ4v) is 14.0. The van der Waals surface area contributed by atoms with Crippen molar-refractivity contribution in [2.45, 2.75) is 38.5 Å². The molecule has 82 heavy (non-hydrogen) atoms. The van der Waals surface area contributed by atoms with Crippen molar-refractivity contribution in [3.63, 3.8) is 0 Å². The number of fused-ring (bicyclic) bond motifs is 12. The molecule has 0 spiro atoms. The fourth-order valence-electron chi connectivity index (χ4n) is 14.0. The molecule has 2 aliphatic carbocycles. The molecule has 16 rings (SSSR count). The average Bonchev–Trinajstić information content (AvgIpc) is 3.36. The lowest BCUT2D eigenvalue weighted by molar-refractivity contribution is 0.652. The molecule has 0 atom stereocenters. The Kier molecular flexibility index (Phi) is 10.7. The number of benzene rings is 12. The highest BCUT2D eigenvalue weighted by Gasteiger charge is 2.42. The van der Waals surface area contributed by atoms with Gasteiger partial charge in [0, 0.05) is 43.7 Å². The molecule has 2 aliphatic rings. The van der Waals surface area contributed by atoms with Gasteiger partial charge < -0.3 is 9.13 Å². The zero-order chi connectivity index (χ0) is 54.8. The van der Waals surface area contributed by atoms with Crippen LogP contribution in [0, 0.1) is 0 Å². The van der Waals surface area contributed by atoms with Crippen molar-refractivity contribution in [1.82, 2.24) is 9.13 Å². The third kappa shape index (κ3) is 7.48. The monoisotopic (exact) mass is 1050 g/mol. The van der Waals surface area contributed by atoms with E-state index < -0.39 is 0 Å². The van der Waals surface area contributed by atoms with Crippen molar-refractivity contribution in [2.75, 3.05) is 0 Å². The Labute approximate surface area is 479 Å². The first-order valence-electron chi connectivity index (χ1n) is 28.8. The summed E-state index contributed by atoms with van der Waals surface area (Å²) in [6.07, 6.45) is 4.44. The summed E-state index contributed by atoms with van der Waals surface area (Å²) in [4.78, 5) is 0. The highest BCUT2D eigenvalue weighted by Crippen LogP contribution is 2.57. The van der Waals surface area contributed by atoms with Crippen molar-refractivity contribution in [3.8, 4) is 78.1 Å². The fraction of sp³-hybridized carbons (Fsp3) is 0.0750. The summed E-state index contributed by atoms with van der Waals surface area (Å²) >= 11 is 0. The first-order chi connectivity index (χ1) is 40.1. The molecule has 0 saturated carbocycles. The quantitative estimate of drug-likeness (QED) is 0.134. The molecule has 0 saturated heterocycles. The lowest BCUT2D eigenvalue weighted by Crippen LogP contribution is -2.17. The lowest BCUT2D eigenvalue weighted by Gasteiger charge is -2.24. The van der Waals surface area contributed by atoms with Gasteiger partial charge in [0.1, 0.15) is 0 Å². The number of hydrogen-bond acceptors (Lipinski definition) is 0. The highest BCUT2D eigenvalue weighted by molar-refractivity contribution is 6.12. The predicted molar refractivity (Wildman–Crippen MR) is 347 cm³/mol. The van der Waals surface area contributed by atoms with Crippen LogP contribution in [-0.4, -0.2) is 9.13 Å². The molecule has 2 heterocycles. The Balaban J connectivity index is 0.644. The van der Waals surface area contributed by atoms with Crippen molar-refractivity contribution < 1.29 is 0 Å². The van der Waals surface area contributed by atoms with E-state index in [1.807, 2.05) is 0 Å². The number of aromatic nitrogens is 2. The van der Waals surface area contributed by atoms with E-state index in [0.717, 1.165) is 5.69 Å². The molecule has 0 aliphatic heterocycles. The van der Waals surface area contributed by atoms with E-state index in [1.54, 1.807) is 0 Å².